The van der Waals surface area contributed by atoms with E-state index in [1.165, 1.54) is 11.3 Å². The van der Waals surface area contributed by atoms with Crippen molar-refractivity contribution >= 4 is 33.2 Å². The van der Waals surface area contributed by atoms with Crippen LogP contribution >= 0.6 is 22.9 Å². The second-order valence-electron chi connectivity index (χ2n) is 5.81. The van der Waals surface area contributed by atoms with Crippen molar-refractivity contribution in [2.75, 3.05) is 7.11 Å². The molecule has 130 valence electrons. The number of H-pyrrole nitrogens is 1. The molecule has 0 saturated carbocycles. The Balaban J connectivity index is 1.77. The Morgan fingerprint density at radius 1 is 1.15 bits per heavy atom. The van der Waals surface area contributed by atoms with Gasteiger partial charge in [0.25, 0.3) is 5.56 Å². The highest BCUT2D eigenvalue weighted by Gasteiger charge is 2.13. The number of para-hydroxylation sites is 1. The summed E-state index contributed by atoms with van der Waals surface area (Å²) in [5.41, 5.74) is 2.42. The minimum Gasteiger partial charge on any atom is -0.496 e. The molecule has 6 heteroatoms. The van der Waals surface area contributed by atoms with E-state index >= 15 is 0 Å². The Bertz CT molecular complexity index is 1150. The first-order valence-electron chi connectivity index (χ1n) is 8.05. The van der Waals surface area contributed by atoms with E-state index in [0.29, 0.717) is 27.5 Å². The van der Waals surface area contributed by atoms with E-state index in [-0.39, 0.29) is 5.56 Å². The molecular formula is C20H15ClN2O2S. The number of rotatable bonds is 4. The fraction of sp³-hybridized carbons (Fsp3) is 0.100. The zero-order chi connectivity index (χ0) is 18.1. The molecule has 26 heavy (non-hydrogen) atoms. The summed E-state index contributed by atoms with van der Waals surface area (Å²) in [7, 11) is 1.63. The maximum absolute atomic E-state index is 12.5. The monoisotopic (exact) mass is 382 g/mol. The summed E-state index contributed by atoms with van der Waals surface area (Å²) in [6.07, 6.45) is 0.493. The number of methoxy groups -OCH3 is 1. The molecule has 0 aliphatic heterocycles. The van der Waals surface area contributed by atoms with Gasteiger partial charge in [0.05, 0.1) is 12.6 Å². The van der Waals surface area contributed by atoms with E-state index in [1.54, 1.807) is 7.11 Å². The Morgan fingerprint density at radius 2 is 1.92 bits per heavy atom. The summed E-state index contributed by atoms with van der Waals surface area (Å²) in [5.74, 6) is 1.38. The lowest BCUT2D eigenvalue weighted by molar-refractivity contribution is 0.410. The fourth-order valence-electron chi connectivity index (χ4n) is 2.90. The Morgan fingerprint density at radius 3 is 2.73 bits per heavy atom. The molecule has 4 rings (SSSR count). The number of thiophene rings is 1. The zero-order valence-electron chi connectivity index (χ0n) is 14.0. The number of fused-ring (bicyclic) bond motifs is 1. The average Bonchev–Trinajstić information content (AvgIpc) is 3.07. The molecule has 0 radical (unpaired) electrons. The lowest BCUT2D eigenvalue weighted by Gasteiger charge is -2.07. The van der Waals surface area contributed by atoms with Gasteiger partial charge in [0.2, 0.25) is 0 Å². The summed E-state index contributed by atoms with van der Waals surface area (Å²) in [6, 6.07) is 17.2. The molecule has 0 atom stereocenters. The van der Waals surface area contributed by atoms with Gasteiger partial charge >= 0.3 is 0 Å². The largest absolute Gasteiger partial charge is 0.496 e. The van der Waals surface area contributed by atoms with Gasteiger partial charge in [-0.05, 0) is 18.2 Å². The number of nitrogens with zero attached hydrogens (tertiary/aromatic N) is 1. The minimum absolute atomic E-state index is 0.136. The van der Waals surface area contributed by atoms with Crippen LogP contribution in [0.15, 0.2) is 59.4 Å². The van der Waals surface area contributed by atoms with Gasteiger partial charge in [-0.25, -0.2) is 4.98 Å². The predicted molar refractivity (Wildman–Crippen MR) is 106 cm³/mol. The second kappa shape index (κ2) is 6.94. The average molecular weight is 383 g/mol. The lowest BCUT2D eigenvalue weighted by Crippen LogP contribution is -2.10. The van der Waals surface area contributed by atoms with Crippen molar-refractivity contribution in [1.29, 1.82) is 0 Å². The van der Waals surface area contributed by atoms with Crippen LogP contribution in [-0.2, 0) is 6.42 Å². The third-order valence-corrected chi connectivity index (χ3v) is 5.61. The molecule has 2 aromatic carbocycles. The third-order valence-electron chi connectivity index (χ3n) is 4.12. The summed E-state index contributed by atoms with van der Waals surface area (Å²) in [6.45, 7) is 0. The topological polar surface area (TPSA) is 55.0 Å². The normalized spacial score (nSPS) is 11.0. The molecule has 0 spiro atoms. The number of aromatic amines is 1. The number of ether oxygens (including phenoxy) is 1. The van der Waals surface area contributed by atoms with E-state index in [9.17, 15) is 4.79 Å². The molecule has 0 aliphatic carbocycles. The second-order valence-corrected chi connectivity index (χ2v) is 7.27. The highest BCUT2D eigenvalue weighted by Crippen LogP contribution is 2.35. The van der Waals surface area contributed by atoms with Gasteiger partial charge in [0.15, 0.2) is 0 Å². The Labute approximate surface area is 159 Å². The predicted octanol–water partition coefficient (Wildman–Crippen LogP) is 4.90. The highest BCUT2D eigenvalue weighted by molar-refractivity contribution is 7.22. The van der Waals surface area contributed by atoms with Crippen LogP contribution in [0.3, 0.4) is 0 Å². The quantitative estimate of drug-likeness (QED) is 0.546. The van der Waals surface area contributed by atoms with Crippen molar-refractivity contribution in [3.05, 3.63) is 81.4 Å². The van der Waals surface area contributed by atoms with Crippen molar-refractivity contribution in [3.63, 3.8) is 0 Å². The number of nitrogens with one attached hydrogen (secondary N) is 1. The van der Waals surface area contributed by atoms with Crippen LogP contribution in [0.25, 0.3) is 20.7 Å². The standard InChI is InChI=1S/C20H15ClN2O2S/c1-25-16-9-5-2-6-12(16)10-18-22-15-11-17(26-19(15)20(24)23-18)13-7-3-4-8-14(13)21/h2-9,11H,10H2,1H3,(H,22,23,24). The van der Waals surface area contributed by atoms with Crippen LogP contribution in [0.4, 0.5) is 0 Å². The summed E-state index contributed by atoms with van der Waals surface area (Å²) >= 11 is 7.68. The SMILES string of the molecule is COc1ccccc1Cc1nc2cc(-c3ccccc3Cl)sc2c(=O)[nH]1. The number of aromatic nitrogens is 2. The van der Waals surface area contributed by atoms with Gasteiger partial charge in [-0.15, -0.1) is 11.3 Å². The number of hydrogen-bond donors (Lipinski definition) is 1. The van der Waals surface area contributed by atoms with Crippen molar-refractivity contribution in [1.82, 2.24) is 9.97 Å². The summed E-state index contributed by atoms with van der Waals surface area (Å²) in [5, 5.41) is 0.657. The maximum atomic E-state index is 12.5. The highest BCUT2D eigenvalue weighted by atomic mass is 35.5. The van der Waals surface area contributed by atoms with Crippen molar-refractivity contribution in [2.45, 2.75) is 6.42 Å². The van der Waals surface area contributed by atoms with E-state index in [2.05, 4.69) is 9.97 Å². The first-order chi connectivity index (χ1) is 12.7. The van der Waals surface area contributed by atoms with Crippen molar-refractivity contribution in [3.8, 4) is 16.2 Å². The van der Waals surface area contributed by atoms with Crippen LogP contribution in [0.2, 0.25) is 5.02 Å². The van der Waals surface area contributed by atoms with E-state index in [0.717, 1.165) is 21.8 Å². The first kappa shape index (κ1) is 16.8. The number of halogens is 1. The van der Waals surface area contributed by atoms with Crippen LogP contribution in [0, 0.1) is 0 Å². The Kier molecular flexibility index (Phi) is 4.49. The van der Waals surface area contributed by atoms with Gasteiger partial charge in [-0.3, -0.25) is 4.79 Å². The van der Waals surface area contributed by atoms with Gasteiger partial charge in [-0.1, -0.05) is 48.0 Å². The molecule has 0 aliphatic rings. The molecule has 0 unspecified atom stereocenters. The molecule has 4 nitrogen and oxygen atoms in total. The van der Waals surface area contributed by atoms with Crippen LogP contribution in [0.5, 0.6) is 5.75 Å². The van der Waals surface area contributed by atoms with E-state index in [4.69, 9.17) is 16.3 Å². The van der Waals surface area contributed by atoms with Gasteiger partial charge in [-0.2, -0.15) is 0 Å². The number of hydrogen-bond acceptors (Lipinski definition) is 4. The molecule has 0 saturated heterocycles. The van der Waals surface area contributed by atoms with E-state index < -0.39 is 0 Å². The lowest BCUT2D eigenvalue weighted by atomic mass is 10.1. The first-order valence-corrected chi connectivity index (χ1v) is 9.24. The minimum atomic E-state index is -0.136. The molecule has 0 amide bonds. The maximum Gasteiger partial charge on any atom is 0.268 e. The molecule has 2 heterocycles. The molecule has 4 aromatic rings. The smallest absolute Gasteiger partial charge is 0.268 e. The Hall–Kier alpha value is -2.63. The van der Waals surface area contributed by atoms with Crippen LogP contribution in [-0.4, -0.2) is 17.1 Å². The molecular weight excluding hydrogens is 368 g/mol. The van der Waals surface area contributed by atoms with Crippen molar-refractivity contribution in [2.24, 2.45) is 0 Å². The number of benzene rings is 2. The molecule has 1 N–H and O–H groups in total. The summed E-state index contributed by atoms with van der Waals surface area (Å²) in [4.78, 5) is 21.0. The zero-order valence-corrected chi connectivity index (χ0v) is 15.5. The molecule has 2 aromatic heterocycles. The summed E-state index contributed by atoms with van der Waals surface area (Å²) < 4.78 is 5.98. The van der Waals surface area contributed by atoms with Gasteiger partial charge in [0.1, 0.15) is 16.3 Å². The van der Waals surface area contributed by atoms with E-state index in [1.807, 2.05) is 54.6 Å². The van der Waals surface area contributed by atoms with Crippen molar-refractivity contribution < 1.29 is 4.74 Å². The van der Waals surface area contributed by atoms with Gasteiger partial charge < -0.3 is 9.72 Å². The molecule has 0 bridgehead atoms. The van der Waals surface area contributed by atoms with Crippen LogP contribution in [0.1, 0.15) is 11.4 Å². The fourth-order valence-corrected chi connectivity index (χ4v) is 4.22. The van der Waals surface area contributed by atoms with Crippen LogP contribution < -0.4 is 10.3 Å². The third kappa shape index (κ3) is 3.11. The molecule has 0 fully saturated rings. The van der Waals surface area contributed by atoms with Gasteiger partial charge in [0, 0.05) is 27.4 Å².